The standard InChI is InChI=1S/C23H25N3O4/c1-28-20-11-4-3-8-16(20)14-17-15-25-22(30-17)19-10-5-6-13-26(19)23(27)18-9-7-12-24-21(18)29-2/h3-4,7-9,11-12,15,19H,5-6,10,13-14H2,1-2H3/t19-/m1/s1. The van der Waals surface area contributed by atoms with Crippen molar-refractivity contribution < 1.29 is 18.7 Å². The van der Waals surface area contributed by atoms with Crippen molar-refractivity contribution in [3.63, 3.8) is 0 Å². The lowest BCUT2D eigenvalue weighted by Gasteiger charge is -2.34. The molecule has 0 N–H and O–H groups in total. The first-order chi connectivity index (χ1) is 14.7. The van der Waals surface area contributed by atoms with Crippen LogP contribution >= 0.6 is 0 Å². The zero-order valence-electron chi connectivity index (χ0n) is 17.2. The molecule has 3 aromatic rings. The number of hydrogen-bond acceptors (Lipinski definition) is 6. The molecule has 0 unspecified atom stereocenters. The van der Waals surface area contributed by atoms with Crippen LogP contribution in [0.3, 0.4) is 0 Å². The summed E-state index contributed by atoms with van der Waals surface area (Å²) < 4.78 is 16.8. The van der Waals surface area contributed by atoms with E-state index >= 15 is 0 Å². The first-order valence-electron chi connectivity index (χ1n) is 10.1. The van der Waals surface area contributed by atoms with Crippen molar-refractivity contribution in [2.75, 3.05) is 20.8 Å². The van der Waals surface area contributed by atoms with Gasteiger partial charge in [0.05, 0.1) is 20.4 Å². The number of amides is 1. The van der Waals surface area contributed by atoms with E-state index in [0.717, 1.165) is 36.3 Å². The van der Waals surface area contributed by atoms with E-state index in [-0.39, 0.29) is 11.9 Å². The van der Waals surface area contributed by atoms with Gasteiger partial charge in [0.2, 0.25) is 11.8 Å². The number of ether oxygens (including phenoxy) is 2. The van der Waals surface area contributed by atoms with Gasteiger partial charge in [0.1, 0.15) is 23.1 Å². The molecule has 1 fully saturated rings. The van der Waals surface area contributed by atoms with Crippen molar-refractivity contribution in [1.29, 1.82) is 0 Å². The largest absolute Gasteiger partial charge is 0.496 e. The Labute approximate surface area is 175 Å². The van der Waals surface area contributed by atoms with Crippen molar-refractivity contribution in [3.05, 3.63) is 71.6 Å². The number of likely N-dealkylation sites (tertiary alicyclic amines) is 1. The number of benzene rings is 1. The zero-order chi connectivity index (χ0) is 20.9. The van der Waals surface area contributed by atoms with Gasteiger partial charge in [0.25, 0.3) is 5.91 Å². The molecule has 0 radical (unpaired) electrons. The van der Waals surface area contributed by atoms with Crippen LogP contribution in [-0.2, 0) is 6.42 Å². The van der Waals surface area contributed by atoms with Crippen molar-refractivity contribution in [2.24, 2.45) is 0 Å². The second-order valence-corrected chi connectivity index (χ2v) is 7.22. The van der Waals surface area contributed by atoms with E-state index in [9.17, 15) is 4.79 Å². The minimum atomic E-state index is -0.206. The van der Waals surface area contributed by atoms with Crippen LogP contribution in [0.15, 0.2) is 53.2 Å². The molecule has 7 nitrogen and oxygen atoms in total. The molecule has 156 valence electrons. The summed E-state index contributed by atoms with van der Waals surface area (Å²) in [5.41, 5.74) is 1.48. The average molecular weight is 407 g/mol. The second-order valence-electron chi connectivity index (χ2n) is 7.22. The third-order valence-electron chi connectivity index (χ3n) is 5.37. The van der Waals surface area contributed by atoms with E-state index in [2.05, 4.69) is 9.97 Å². The molecule has 1 atom stereocenters. The van der Waals surface area contributed by atoms with Crippen LogP contribution < -0.4 is 9.47 Å². The number of methoxy groups -OCH3 is 2. The highest BCUT2D eigenvalue weighted by Gasteiger charge is 2.33. The summed E-state index contributed by atoms with van der Waals surface area (Å²) in [4.78, 5) is 23.8. The number of carbonyl (C=O) groups is 1. The molecule has 4 rings (SSSR count). The molecule has 3 heterocycles. The van der Waals surface area contributed by atoms with Crippen LogP contribution in [0.5, 0.6) is 11.6 Å². The molecule has 0 saturated carbocycles. The van der Waals surface area contributed by atoms with Crippen LogP contribution in [0.1, 0.15) is 52.9 Å². The van der Waals surface area contributed by atoms with Gasteiger partial charge in [-0.2, -0.15) is 0 Å². The highest BCUT2D eigenvalue weighted by Crippen LogP contribution is 2.33. The highest BCUT2D eigenvalue weighted by molar-refractivity contribution is 5.96. The van der Waals surface area contributed by atoms with Crippen LogP contribution in [0.25, 0.3) is 0 Å². The van der Waals surface area contributed by atoms with Gasteiger partial charge in [-0.05, 0) is 37.5 Å². The van der Waals surface area contributed by atoms with E-state index in [1.165, 1.54) is 7.11 Å². The van der Waals surface area contributed by atoms with Crippen molar-refractivity contribution in [3.8, 4) is 11.6 Å². The summed E-state index contributed by atoms with van der Waals surface area (Å²) in [6, 6.07) is 11.1. The Bertz CT molecular complexity index is 1020. The van der Waals surface area contributed by atoms with Gasteiger partial charge in [-0.1, -0.05) is 18.2 Å². The maximum absolute atomic E-state index is 13.3. The summed E-state index contributed by atoms with van der Waals surface area (Å²) in [5, 5.41) is 0. The lowest BCUT2D eigenvalue weighted by molar-refractivity contribution is 0.0566. The van der Waals surface area contributed by atoms with Crippen molar-refractivity contribution in [2.45, 2.75) is 31.7 Å². The van der Waals surface area contributed by atoms with Gasteiger partial charge in [-0.15, -0.1) is 0 Å². The van der Waals surface area contributed by atoms with Crippen molar-refractivity contribution in [1.82, 2.24) is 14.9 Å². The Morgan fingerprint density at radius 1 is 1.13 bits per heavy atom. The summed E-state index contributed by atoms with van der Waals surface area (Å²) in [6.07, 6.45) is 6.70. The SMILES string of the molecule is COc1ccccc1Cc1cnc([C@H]2CCCCN2C(=O)c2cccnc2OC)o1. The van der Waals surface area contributed by atoms with Crippen LogP contribution in [0.4, 0.5) is 0 Å². The van der Waals surface area contributed by atoms with Crippen molar-refractivity contribution >= 4 is 5.91 Å². The van der Waals surface area contributed by atoms with Gasteiger partial charge in [0, 0.05) is 24.7 Å². The van der Waals surface area contributed by atoms with Gasteiger partial charge in [0.15, 0.2) is 0 Å². The number of nitrogens with zero attached hydrogens (tertiary/aromatic N) is 3. The molecule has 1 amide bonds. The molecule has 2 aromatic heterocycles. The molecule has 30 heavy (non-hydrogen) atoms. The average Bonchev–Trinajstić information content (AvgIpc) is 3.27. The van der Waals surface area contributed by atoms with Gasteiger partial charge in [-0.3, -0.25) is 4.79 Å². The van der Waals surface area contributed by atoms with Crippen LogP contribution in [0.2, 0.25) is 0 Å². The first kappa shape index (κ1) is 19.9. The lowest BCUT2D eigenvalue weighted by Crippen LogP contribution is -2.38. The molecule has 0 bridgehead atoms. The fourth-order valence-electron chi connectivity index (χ4n) is 3.90. The number of pyridine rings is 1. The fourth-order valence-corrected chi connectivity index (χ4v) is 3.90. The quantitative estimate of drug-likeness (QED) is 0.614. The summed E-state index contributed by atoms with van der Waals surface area (Å²) >= 11 is 0. The van der Waals surface area contributed by atoms with Crippen LogP contribution in [-0.4, -0.2) is 41.5 Å². The molecular formula is C23H25N3O4. The Hall–Kier alpha value is -3.35. The molecule has 0 spiro atoms. The van der Waals surface area contributed by atoms with Gasteiger partial charge < -0.3 is 18.8 Å². The monoisotopic (exact) mass is 407 g/mol. The zero-order valence-corrected chi connectivity index (χ0v) is 17.2. The van der Waals surface area contributed by atoms with Gasteiger partial charge in [-0.25, -0.2) is 9.97 Å². The van der Waals surface area contributed by atoms with E-state index in [1.807, 2.05) is 29.2 Å². The highest BCUT2D eigenvalue weighted by atomic mass is 16.5. The minimum Gasteiger partial charge on any atom is -0.496 e. The number of oxazole rings is 1. The topological polar surface area (TPSA) is 77.7 Å². The number of rotatable bonds is 6. The van der Waals surface area contributed by atoms with E-state index < -0.39 is 0 Å². The number of para-hydroxylation sites is 1. The molecule has 0 aliphatic carbocycles. The predicted octanol–water partition coefficient (Wildman–Crippen LogP) is 4.05. The van der Waals surface area contributed by atoms with E-state index in [0.29, 0.717) is 30.3 Å². The van der Waals surface area contributed by atoms with Gasteiger partial charge >= 0.3 is 0 Å². The third kappa shape index (κ3) is 4.01. The summed E-state index contributed by atoms with van der Waals surface area (Å²) in [5.74, 6) is 2.33. The molecule has 7 heteroatoms. The molecule has 1 aliphatic rings. The molecular weight excluding hydrogens is 382 g/mol. The first-order valence-corrected chi connectivity index (χ1v) is 10.1. The third-order valence-corrected chi connectivity index (χ3v) is 5.37. The van der Waals surface area contributed by atoms with Crippen LogP contribution in [0, 0.1) is 0 Å². The maximum atomic E-state index is 13.3. The number of carbonyl (C=O) groups excluding carboxylic acids is 1. The number of hydrogen-bond donors (Lipinski definition) is 0. The summed E-state index contributed by atoms with van der Waals surface area (Å²) in [7, 11) is 3.17. The maximum Gasteiger partial charge on any atom is 0.260 e. The molecule has 1 aliphatic heterocycles. The number of aromatic nitrogens is 2. The lowest BCUT2D eigenvalue weighted by atomic mass is 10.0. The summed E-state index contributed by atoms with van der Waals surface area (Å²) in [6.45, 7) is 0.645. The fraction of sp³-hybridized carbons (Fsp3) is 0.348. The molecule has 1 saturated heterocycles. The second kappa shape index (κ2) is 8.98. The molecule has 1 aromatic carbocycles. The van der Waals surface area contributed by atoms with E-state index in [4.69, 9.17) is 13.9 Å². The Morgan fingerprint density at radius 2 is 2.00 bits per heavy atom. The smallest absolute Gasteiger partial charge is 0.260 e. The number of piperidine rings is 1. The minimum absolute atomic E-state index is 0.117. The predicted molar refractivity (Wildman–Crippen MR) is 111 cm³/mol. The Morgan fingerprint density at radius 3 is 2.83 bits per heavy atom. The Balaban J connectivity index is 1.57. The normalized spacial score (nSPS) is 16.3. The Kier molecular flexibility index (Phi) is 5.97. The van der Waals surface area contributed by atoms with E-state index in [1.54, 1.807) is 31.6 Å².